The van der Waals surface area contributed by atoms with E-state index >= 15 is 0 Å². The van der Waals surface area contributed by atoms with E-state index in [1.807, 2.05) is 44.6 Å². The third-order valence-corrected chi connectivity index (χ3v) is 4.74. The summed E-state index contributed by atoms with van der Waals surface area (Å²) in [5.41, 5.74) is 11.4. The normalized spacial score (nSPS) is 11.9. The Kier molecular flexibility index (Phi) is 2.19. The van der Waals surface area contributed by atoms with Gasteiger partial charge in [0.25, 0.3) is 12.0 Å². The SMILES string of the molecule is COc1ccc2c(c1C)n1c(N)c(C#N)c3cc[n+]4cnn2c4c31. The minimum absolute atomic E-state index is 0.436. The number of ether oxygens (including phenoxy) is 1. The lowest BCUT2D eigenvalue weighted by atomic mass is 10.1. The Morgan fingerprint density at radius 3 is 2.88 bits per heavy atom. The van der Waals surface area contributed by atoms with Crippen molar-refractivity contribution < 1.29 is 9.14 Å². The molecule has 2 N–H and O–H groups in total. The van der Waals surface area contributed by atoms with Crippen molar-refractivity contribution in [1.29, 1.82) is 5.26 Å². The van der Waals surface area contributed by atoms with Crippen LogP contribution in [0.1, 0.15) is 11.1 Å². The molecule has 7 nitrogen and oxygen atoms in total. The summed E-state index contributed by atoms with van der Waals surface area (Å²) in [4.78, 5) is 0. The molecule has 7 heteroatoms. The number of nitrogens with zero attached hydrogens (tertiary/aromatic N) is 5. The van der Waals surface area contributed by atoms with E-state index in [1.54, 1.807) is 13.4 Å². The summed E-state index contributed by atoms with van der Waals surface area (Å²) in [6.07, 6.45) is 3.65. The van der Waals surface area contributed by atoms with E-state index < -0.39 is 0 Å². The number of hydrogen-bond donors (Lipinski definition) is 1. The first kappa shape index (κ1) is 13.0. The maximum atomic E-state index is 9.59. The molecule has 0 bridgehead atoms. The Balaban J connectivity index is 2.26. The largest absolute Gasteiger partial charge is 0.496 e. The summed E-state index contributed by atoms with van der Waals surface area (Å²) < 4.78 is 11.2. The van der Waals surface area contributed by atoms with E-state index in [0.717, 1.165) is 38.9 Å². The van der Waals surface area contributed by atoms with Crippen LogP contribution in [0.5, 0.6) is 5.75 Å². The molecule has 0 spiro atoms. The average Bonchev–Trinajstić information content (AvgIpc) is 3.13. The lowest BCUT2D eigenvalue weighted by Gasteiger charge is -2.10. The highest BCUT2D eigenvalue weighted by molar-refractivity contribution is 6.03. The zero-order valence-corrected chi connectivity index (χ0v) is 13.1. The molecule has 0 amide bonds. The van der Waals surface area contributed by atoms with Crippen molar-refractivity contribution in [3.63, 3.8) is 0 Å². The number of aryl methyl sites for hydroxylation is 1. The smallest absolute Gasteiger partial charge is 0.295 e. The van der Waals surface area contributed by atoms with Crippen LogP contribution in [0.25, 0.3) is 27.6 Å². The summed E-state index contributed by atoms with van der Waals surface area (Å²) in [5, 5.41) is 14.9. The minimum atomic E-state index is 0.436. The van der Waals surface area contributed by atoms with Gasteiger partial charge in [-0.1, -0.05) is 4.52 Å². The van der Waals surface area contributed by atoms with Crippen LogP contribution in [0.4, 0.5) is 5.82 Å². The molecule has 0 aliphatic carbocycles. The van der Waals surface area contributed by atoms with Gasteiger partial charge in [0.1, 0.15) is 28.7 Å². The summed E-state index contributed by atoms with van der Waals surface area (Å²) in [5.74, 6) is 1.20. The van der Waals surface area contributed by atoms with Gasteiger partial charge in [-0.25, -0.2) is 4.40 Å². The first-order valence-electron chi connectivity index (χ1n) is 7.47. The molecule has 0 radical (unpaired) electrons. The number of pyridine rings is 1. The number of nitriles is 1. The summed E-state index contributed by atoms with van der Waals surface area (Å²) in [6, 6.07) is 8.02. The van der Waals surface area contributed by atoms with Crippen molar-refractivity contribution in [2.75, 3.05) is 12.8 Å². The Morgan fingerprint density at radius 2 is 2.12 bits per heavy atom. The van der Waals surface area contributed by atoms with Crippen LogP contribution in [-0.4, -0.2) is 21.1 Å². The van der Waals surface area contributed by atoms with Gasteiger partial charge < -0.3 is 10.5 Å². The van der Waals surface area contributed by atoms with E-state index in [4.69, 9.17) is 10.5 Å². The van der Waals surface area contributed by atoms with Gasteiger partial charge in [-0.15, -0.1) is 0 Å². The number of nitrogens with two attached hydrogens (primary N) is 1. The van der Waals surface area contributed by atoms with Crippen LogP contribution in [0.15, 0.2) is 30.7 Å². The fourth-order valence-corrected chi connectivity index (χ4v) is 3.67. The molecule has 116 valence electrons. The molecule has 0 fully saturated rings. The second kappa shape index (κ2) is 4.06. The Hall–Kier alpha value is -3.53. The van der Waals surface area contributed by atoms with Gasteiger partial charge in [-0.05, 0) is 25.1 Å². The van der Waals surface area contributed by atoms with Crippen LogP contribution >= 0.6 is 0 Å². The lowest BCUT2D eigenvalue weighted by molar-refractivity contribution is -0.511. The maximum Gasteiger partial charge on any atom is 0.295 e. The number of fused-ring (bicyclic) bond motifs is 3. The Labute approximate surface area is 136 Å². The van der Waals surface area contributed by atoms with Crippen molar-refractivity contribution >= 4 is 33.4 Å². The molecule has 0 saturated carbocycles. The Morgan fingerprint density at radius 1 is 1.29 bits per heavy atom. The molecule has 0 aliphatic heterocycles. The third kappa shape index (κ3) is 1.24. The van der Waals surface area contributed by atoms with Crippen molar-refractivity contribution in [3.05, 3.63) is 41.9 Å². The molecule has 24 heavy (non-hydrogen) atoms. The van der Waals surface area contributed by atoms with Crippen molar-refractivity contribution in [3.8, 4) is 11.8 Å². The van der Waals surface area contributed by atoms with E-state index in [-0.39, 0.29) is 0 Å². The van der Waals surface area contributed by atoms with Gasteiger partial charge in [0.05, 0.1) is 18.8 Å². The molecule has 0 saturated heterocycles. The van der Waals surface area contributed by atoms with Gasteiger partial charge in [0.15, 0.2) is 5.52 Å². The molecular weight excluding hydrogens is 304 g/mol. The number of benzene rings is 1. The number of nitrogen functional groups attached to an aromatic ring is 1. The van der Waals surface area contributed by atoms with Gasteiger partial charge in [0.2, 0.25) is 0 Å². The molecule has 1 aromatic carbocycles. The predicted octanol–water partition coefficient (Wildman–Crippen LogP) is 1.69. The third-order valence-electron chi connectivity index (χ3n) is 4.74. The summed E-state index contributed by atoms with van der Waals surface area (Å²) in [6.45, 7) is 1.98. The van der Waals surface area contributed by atoms with Gasteiger partial charge in [0, 0.05) is 16.0 Å². The standard InChI is InChI=1S/C17H12N6O/c1-9-13(24-2)4-3-12-14(9)22-15-10(11(7-18)16(22)19)5-6-21-8-20-23(12)17(15)21/h3-6,8,19H,1-2H3/p+1. The Bertz CT molecular complexity index is 1320. The van der Waals surface area contributed by atoms with Gasteiger partial charge in [-0.2, -0.15) is 5.26 Å². The first-order chi connectivity index (χ1) is 11.7. The zero-order chi connectivity index (χ0) is 16.6. The quantitative estimate of drug-likeness (QED) is 0.376. The van der Waals surface area contributed by atoms with Crippen LogP contribution in [0.3, 0.4) is 0 Å². The highest BCUT2D eigenvalue weighted by atomic mass is 16.5. The molecular formula is C17H13N6O+. The molecule has 0 aliphatic rings. The number of hydrogen-bond acceptors (Lipinski definition) is 4. The van der Waals surface area contributed by atoms with E-state index in [2.05, 4.69) is 11.2 Å². The average molecular weight is 317 g/mol. The number of aromatic nitrogens is 4. The van der Waals surface area contributed by atoms with Gasteiger partial charge in [-0.3, -0.25) is 4.40 Å². The highest BCUT2D eigenvalue weighted by Crippen LogP contribution is 2.36. The fourth-order valence-electron chi connectivity index (χ4n) is 3.67. The molecule has 0 unspecified atom stereocenters. The summed E-state index contributed by atoms with van der Waals surface area (Å²) >= 11 is 0. The summed E-state index contributed by atoms with van der Waals surface area (Å²) in [7, 11) is 1.64. The molecule has 5 rings (SSSR count). The molecule has 4 heterocycles. The monoisotopic (exact) mass is 317 g/mol. The van der Waals surface area contributed by atoms with Crippen molar-refractivity contribution in [2.24, 2.45) is 0 Å². The van der Waals surface area contributed by atoms with E-state index in [0.29, 0.717) is 11.4 Å². The molecule has 4 aromatic heterocycles. The van der Waals surface area contributed by atoms with Crippen molar-refractivity contribution in [1.82, 2.24) is 14.0 Å². The second-order valence-corrected chi connectivity index (χ2v) is 5.82. The number of methoxy groups -OCH3 is 1. The molecule has 0 atom stereocenters. The van der Waals surface area contributed by atoms with Gasteiger partial charge >= 0.3 is 0 Å². The zero-order valence-electron chi connectivity index (χ0n) is 13.1. The van der Waals surface area contributed by atoms with Crippen LogP contribution in [0.2, 0.25) is 0 Å². The van der Waals surface area contributed by atoms with E-state index in [1.165, 1.54) is 0 Å². The maximum absolute atomic E-state index is 9.59. The topological polar surface area (TPSA) is 84.8 Å². The fraction of sp³-hybridized carbons (Fsp3) is 0.118. The van der Waals surface area contributed by atoms with E-state index in [9.17, 15) is 5.26 Å². The predicted molar refractivity (Wildman–Crippen MR) is 88.4 cm³/mol. The minimum Gasteiger partial charge on any atom is -0.496 e. The second-order valence-electron chi connectivity index (χ2n) is 5.82. The highest BCUT2D eigenvalue weighted by Gasteiger charge is 2.27. The molecule has 5 aromatic rings. The van der Waals surface area contributed by atoms with Crippen LogP contribution in [0, 0.1) is 18.3 Å². The first-order valence-corrected chi connectivity index (χ1v) is 7.47. The van der Waals surface area contributed by atoms with Crippen molar-refractivity contribution in [2.45, 2.75) is 6.92 Å². The number of anilines is 1. The lowest BCUT2D eigenvalue weighted by Crippen LogP contribution is -2.19. The number of rotatable bonds is 1. The van der Waals surface area contributed by atoms with Crippen LogP contribution in [-0.2, 0) is 0 Å². The van der Waals surface area contributed by atoms with Crippen LogP contribution < -0.4 is 14.9 Å².